The maximum atomic E-state index is 13.1. The molecular weight excluding hydrogens is 392 g/mol. The molecule has 0 saturated carbocycles. The van der Waals surface area contributed by atoms with Crippen LogP contribution in [0.15, 0.2) is 42.7 Å². The third-order valence-electron chi connectivity index (χ3n) is 6.78. The van der Waals surface area contributed by atoms with Crippen molar-refractivity contribution in [3.63, 3.8) is 0 Å². The summed E-state index contributed by atoms with van der Waals surface area (Å²) in [5.74, 6) is 2.21. The van der Waals surface area contributed by atoms with Crippen LogP contribution in [0.1, 0.15) is 37.0 Å². The largest absolute Gasteiger partial charge is 0.493 e. The summed E-state index contributed by atoms with van der Waals surface area (Å²) in [6, 6.07) is 9.86. The Morgan fingerprint density at radius 2 is 1.84 bits per heavy atom. The molecule has 1 aromatic carbocycles. The first-order valence-corrected chi connectivity index (χ1v) is 11.3. The minimum atomic E-state index is 0.0492. The van der Waals surface area contributed by atoms with Crippen LogP contribution in [0.25, 0.3) is 0 Å². The van der Waals surface area contributed by atoms with Crippen LogP contribution in [0.2, 0.25) is 0 Å². The highest BCUT2D eigenvalue weighted by atomic mass is 16.5. The molecule has 2 unspecified atom stereocenters. The van der Waals surface area contributed by atoms with E-state index in [1.54, 1.807) is 17.8 Å². The number of ether oxygens (including phenoxy) is 1. The van der Waals surface area contributed by atoms with E-state index in [0.717, 1.165) is 44.8 Å². The zero-order chi connectivity index (χ0) is 21.8. The van der Waals surface area contributed by atoms with Gasteiger partial charge in [-0.2, -0.15) is 5.10 Å². The van der Waals surface area contributed by atoms with Gasteiger partial charge in [0.1, 0.15) is 5.75 Å². The number of amides is 2. The first-order valence-electron chi connectivity index (χ1n) is 11.3. The average Bonchev–Trinajstić information content (AvgIpc) is 3.45. The van der Waals surface area contributed by atoms with Crippen LogP contribution in [-0.4, -0.2) is 64.2 Å². The lowest BCUT2D eigenvalue weighted by Gasteiger charge is -2.36. The van der Waals surface area contributed by atoms with Crippen molar-refractivity contribution >= 4 is 11.8 Å². The van der Waals surface area contributed by atoms with Crippen LogP contribution >= 0.6 is 0 Å². The van der Waals surface area contributed by atoms with Gasteiger partial charge in [-0.15, -0.1) is 0 Å². The van der Waals surface area contributed by atoms with Crippen LogP contribution in [0.3, 0.4) is 0 Å². The minimum Gasteiger partial charge on any atom is -0.493 e. The van der Waals surface area contributed by atoms with E-state index in [4.69, 9.17) is 4.74 Å². The summed E-state index contributed by atoms with van der Waals surface area (Å²) in [6.07, 6.45) is 5.47. The fourth-order valence-electron chi connectivity index (χ4n) is 4.96. The molecule has 2 atom stereocenters. The molecule has 166 valence electrons. The number of aryl methyl sites for hydroxylation is 1. The summed E-state index contributed by atoms with van der Waals surface area (Å²) in [4.78, 5) is 28.8. The normalized spacial score (nSPS) is 22.0. The van der Waals surface area contributed by atoms with E-state index >= 15 is 0 Å². The molecule has 2 amide bonds. The van der Waals surface area contributed by atoms with Gasteiger partial charge in [0.2, 0.25) is 5.91 Å². The molecular formula is C24H32N4O3. The molecule has 1 aromatic heterocycles. The van der Waals surface area contributed by atoms with E-state index in [9.17, 15) is 9.59 Å². The van der Waals surface area contributed by atoms with Crippen LogP contribution in [-0.2, 0) is 11.3 Å². The van der Waals surface area contributed by atoms with Crippen molar-refractivity contribution in [3.8, 4) is 5.75 Å². The van der Waals surface area contributed by atoms with Crippen LogP contribution in [0, 0.1) is 17.8 Å². The average molecular weight is 425 g/mol. The van der Waals surface area contributed by atoms with E-state index in [0.29, 0.717) is 30.6 Å². The van der Waals surface area contributed by atoms with Crippen LogP contribution in [0.5, 0.6) is 5.75 Å². The van der Waals surface area contributed by atoms with Gasteiger partial charge in [-0.25, -0.2) is 0 Å². The molecule has 0 N–H and O–H groups in total. The Bertz CT molecular complexity index is 889. The van der Waals surface area contributed by atoms with Gasteiger partial charge in [0.25, 0.3) is 5.91 Å². The first kappa shape index (κ1) is 21.4. The fraction of sp³-hybridized carbons (Fsp3) is 0.542. The maximum Gasteiger partial charge on any atom is 0.257 e. The molecule has 2 saturated heterocycles. The van der Waals surface area contributed by atoms with Crippen molar-refractivity contribution in [2.24, 2.45) is 17.8 Å². The van der Waals surface area contributed by atoms with Gasteiger partial charge >= 0.3 is 0 Å². The summed E-state index contributed by atoms with van der Waals surface area (Å²) in [5.41, 5.74) is 0.650. The van der Waals surface area contributed by atoms with Gasteiger partial charge in [-0.3, -0.25) is 14.3 Å². The van der Waals surface area contributed by atoms with E-state index in [2.05, 4.69) is 5.10 Å². The molecule has 3 heterocycles. The highest BCUT2D eigenvalue weighted by Crippen LogP contribution is 2.36. The molecule has 7 heteroatoms. The van der Waals surface area contributed by atoms with Crippen LogP contribution < -0.4 is 4.74 Å². The topological polar surface area (TPSA) is 67.7 Å². The lowest BCUT2D eigenvalue weighted by atomic mass is 9.78. The number of carbonyl (C=O) groups excluding carboxylic acids is 2. The molecule has 31 heavy (non-hydrogen) atoms. The summed E-state index contributed by atoms with van der Waals surface area (Å²) in [6.45, 7) is 8.04. The van der Waals surface area contributed by atoms with Gasteiger partial charge < -0.3 is 14.5 Å². The predicted octanol–water partition coefficient (Wildman–Crippen LogP) is 2.93. The SMILES string of the molecule is CCn1cc(C(=O)N2CC(COc3ccccc3)C(C3CCN(C(C)=O)CC3)C2)cn1. The van der Waals surface area contributed by atoms with Crippen molar-refractivity contribution in [3.05, 3.63) is 48.3 Å². The second-order valence-electron chi connectivity index (χ2n) is 8.69. The van der Waals surface area contributed by atoms with Gasteiger partial charge in [0.15, 0.2) is 0 Å². The Labute approximate surface area is 184 Å². The van der Waals surface area contributed by atoms with E-state index in [1.165, 1.54) is 0 Å². The predicted molar refractivity (Wildman–Crippen MR) is 118 cm³/mol. The number of hydrogen-bond acceptors (Lipinski definition) is 4. The number of nitrogens with zero attached hydrogens (tertiary/aromatic N) is 4. The number of rotatable bonds is 6. The van der Waals surface area contributed by atoms with Gasteiger partial charge in [0.05, 0.1) is 18.4 Å². The highest BCUT2D eigenvalue weighted by molar-refractivity contribution is 5.94. The molecule has 0 bridgehead atoms. The Morgan fingerprint density at radius 1 is 1.10 bits per heavy atom. The molecule has 0 spiro atoms. The highest BCUT2D eigenvalue weighted by Gasteiger charge is 2.41. The standard InChI is InChI=1S/C24H32N4O3/c1-3-28-15-20(13-25-28)24(30)27-14-21(17-31-22-7-5-4-6-8-22)23(16-27)19-9-11-26(12-10-19)18(2)29/h4-8,13,15,19,21,23H,3,9-12,14,16-17H2,1-2H3. The number of aromatic nitrogens is 2. The zero-order valence-electron chi connectivity index (χ0n) is 18.4. The summed E-state index contributed by atoms with van der Waals surface area (Å²) in [5, 5.41) is 4.26. The summed E-state index contributed by atoms with van der Waals surface area (Å²) in [7, 11) is 0. The molecule has 2 aromatic rings. The lowest BCUT2D eigenvalue weighted by molar-refractivity contribution is -0.130. The zero-order valence-corrected chi connectivity index (χ0v) is 18.4. The second-order valence-corrected chi connectivity index (χ2v) is 8.69. The minimum absolute atomic E-state index is 0.0492. The smallest absolute Gasteiger partial charge is 0.257 e. The number of benzene rings is 1. The Morgan fingerprint density at radius 3 is 2.48 bits per heavy atom. The third kappa shape index (κ3) is 4.92. The van der Waals surface area contributed by atoms with Crippen molar-refractivity contribution < 1.29 is 14.3 Å². The first-order chi connectivity index (χ1) is 15.0. The van der Waals surface area contributed by atoms with Gasteiger partial charge in [-0.05, 0) is 43.7 Å². The van der Waals surface area contributed by atoms with Crippen LogP contribution in [0.4, 0.5) is 0 Å². The summed E-state index contributed by atoms with van der Waals surface area (Å²) < 4.78 is 7.89. The van der Waals surface area contributed by atoms with Crippen molar-refractivity contribution in [1.29, 1.82) is 0 Å². The molecule has 0 radical (unpaired) electrons. The second kappa shape index (κ2) is 9.54. The van der Waals surface area contributed by atoms with E-state index in [-0.39, 0.29) is 17.7 Å². The number of hydrogen-bond donors (Lipinski definition) is 0. The lowest BCUT2D eigenvalue weighted by Crippen LogP contribution is -2.40. The molecule has 4 rings (SSSR count). The van der Waals surface area contributed by atoms with Crippen molar-refractivity contribution in [2.75, 3.05) is 32.8 Å². The number of piperidine rings is 1. The van der Waals surface area contributed by atoms with Gasteiger partial charge in [0, 0.05) is 51.8 Å². The Kier molecular flexibility index (Phi) is 6.59. The van der Waals surface area contributed by atoms with Crippen molar-refractivity contribution in [2.45, 2.75) is 33.2 Å². The number of likely N-dealkylation sites (tertiary alicyclic amines) is 2. The quantitative estimate of drug-likeness (QED) is 0.715. The molecule has 0 aliphatic carbocycles. The molecule has 2 aliphatic rings. The number of para-hydroxylation sites is 1. The molecule has 7 nitrogen and oxygen atoms in total. The number of carbonyl (C=O) groups is 2. The van der Waals surface area contributed by atoms with Crippen molar-refractivity contribution in [1.82, 2.24) is 19.6 Å². The fourth-order valence-corrected chi connectivity index (χ4v) is 4.96. The Balaban J connectivity index is 1.46. The maximum absolute atomic E-state index is 13.1. The molecule has 2 aliphatic heterocycles. The Hall–Kier alpha value is -2.83. The molecule has 2 fully saturated rings. The summed E-state index contributed by atoms with van der Waals surface area (Å²) >= 11 is 0. The van der Waals surface area contributed by atoms with E-state index < -0.39 is 0 Å². The van der Waals surface area contributed by atoms with Gasteiger partial charge in [-0.1, -0.05) is 18.2 Å². The monoisotopic (exact) mass is 424 g/mol. The van der Waals surface area contributed by atoms with E-state index in [1.807, 2.05) is 53.3 Å². The third-order valence-corrected chi connectivity index (χ3v) is 6.78.